The third-order valence-electron chi connectivity index (χ3n) is 2.97. The van der Waals surface area contributed by atoms with Gasteiger partial charge in [0.1, 0.15) is 16.1 Å². The lowest BCUT2D eigenvalue weighted by molar-refractivity contribution is 0.583. The molecule has 0 aliphatic heterocycles. The van der Waals surface area contributed by atoms with E-state index in [9.17, 15) is 0 Å². The van der Waals surface area contributed by atoms with Crippen molar-refractivity contribution in [3.8, 4) is 11.4 Å². The lowest BCUT2D eigenvalue weighted by Gasteiger charge is -2.06. The molecule has 0 atom stereocenters. The molecule has 18 heavy (non-hydrogen) atoms. The summed E-state index contributed by atoms with van der Waals surface area (Å²) in [4.78, 5) is 9.08. The molecule has 1 aliphatic carbocycles. The first-order chi connectivity index (χ1) is 8.78. The molecule has 0 spiro atoms. The number of nitrogens with zero attached hydrogens (tertiary/aromatic N) is 5. The smallest absolute Gasteiger partial charge is 0.133 e. The van der Waals surface area contributed by atoms with Gasteiger partial charge in [-0.25, -0.2) is 14.6 Å². The second kappa shape index (κ2) is 4.76. The van der Waals surface area contributed by atoms with Gasteiger partial charge in [0.25, 0.3) is 0 Å². The Morgan fingerprint density at radius 3 is 2.94 bits per heavy atom. The van der Waals surface area contributed by atoms with E-state index in [0.717, 1.165) is 34.8 Å². The van der Waals surface area contributed by atoms with Crippen molar-refractivity contribution in [2.45, 2.75) is 38.6 Å². The van der Waals surface area contributed by atoms with Crippen molar-refractivity contribution < 1.29 is 0 Å². The van der Waals surface area contributed by atoms with Crippen molar-refractivity contribution in [1.82, 2.24) is 25.0 Å². The van der Waals surface area contributed by atoms with Gasteiger partial charge in [0.05, 0.1) is 11.9 Å². The molecule has 1 aliphatic rings. The van der Waals surface area contributed by atoms with Crippen LogP contribution in [0.1, 0.15) is 37.9 Å². The van der Waals surface area contributed by atoms with E-state index in [4.69, 9.17) is 0 Å². The Kier molecular flexibility index (Phi) is 3.11. The minimum Gasteiger partial charge on any atom is -0.243 e. The molecule has 0 unspecified atom stereocenters. The molecule has 5 nitrogen and oxygen atoms in total. The van der Waals surface area contributed by atoms with Crippen molar-refractivity contribution in [3.63, 3.8) is 0 Å². The molecule has 2 heterocycles. The maximum absolute atomic E-state index is 4.64. The summed E-state index contributed by atoms with van der Waals surface area (Å²) < 4.78 is 2.73. The highest BCUT2D eigenvalue weighted by molar-refractivity contribution is 9.10. The molecule has 0 N–H and O–H groups in total. The van der Waals surface area contributed by atoms with Crippen LogP contribution in [-0.4, -0.2) is 25.0 Å². The predicted octanol–water partition coefficient (Wildman–Crippen LogP) is 2.79. The molecule has 1 fully saturated rings. The molecule has 0 aromatic carbocycles. The quantitative estimate of drug-likeness (QED) is 0.815. The van der Waals surface area contributed by atoms with Gasteiger partial charge in [-0.3, -0.25) is 0 Å². The van der Waals surface area contributed by atoms with Crippen LogP contribution in [0.3, 0.4) is 0 Å². The summed E-state index contributed by atoms with van der Waals surface area (Å²) in [6, 6.07) is 1.93. The van der Waals surface area contributed by atoms with Crippen molar-refractivity contribution in [1.29, 1.82) is 0 Å². The van der Waals surface area contributed by atoms with E-state index < -0.39 is 0 Å². The zero-order valence-corrected chi connectivity index (χ0v) is 11.8. The average molecular weight is 308 g/mol. The van der Waals surface area contributed by atoms with Crippen LogP contribution in [0.4, 0.5) is 0 Å². The number of hydrogen-bond donors (Lipinski definition) is 0. The average Bonchev–Trinajstić information content (AvgIpc) is 3.10. The number of aromatic nitrogens is 5. The molecule has 0 saturated heterocycles. The first kappa shape index (κ1) is 11.8. The van der Waals surface area contributed by atoms with Crippen LogP contribution in [0, 0.1) is 0 Å². The number of hydrogen-bond acceptors (Lipinski definition) is 4. The van der Waals surface area contributed by atoms with Crippen molar-refractivity contribution in [2.24, 2.45) is 0 Å². The van der Waals surface area contributed by atoms with Gasteiger partial charge in [-0.15, -0.1) is 5.10 Å². The van der Waals surface area contributed by atoms with Gasteiger partial charge in [0, 0.05) is 12.5 Å². The van der Waals surface area contributed by atoms with Crippen LogP contribution in [0.2, 0.25) is 0 Å². The number of rotatable bonds is 4. The monoisotopic (exact) mass is 307 g/mol. The van der Waals surface area contributed by atoms with Gasteiger partial charge < -0.3 is 0 Å². The highest BCUT2D eigenvalue weighted by atomic mass is 79.9. The summed E-state index contributed by atoms with van der Waals surface area (Å²) >= 11 is 3.46. The van der Waals surface area contributed by atoms with Crippen LogP contribution in [0.15, 0.2) is 16.9 Å². The highest BCUT2D eigenvalue weighted by Crippen LogP contribution is 2.39. The minimum absolute atomic E-state index is 0.539. The van der Waals surface area contributed by atoms with Gasteiger partial charge in [-0.05, 0) is 41.3 Å². The summed E-state index contributed by atoms with van der Waals surface area (Å²) in [5, 5.41) is 8.07. The topological polar surface area (TPSA) is 56.5 Å². The molecule has 3 rings (SSSR count). The molecule has 6 heteroatoms. The lowest BCUT2D eigenvalue weighted by Crippen LogP contribution is -2.04. The molecule has 0 bridgehead atoms. The van der Waals surface area contributed by atoms with Gasteiger partial charge in [0.15, 0.2) is 0 Å². The van der Waals surface area contributed by atoms with Gasteiger partial charge in [-0.2, -0.15) is 0 Å². The minimum atomic E-state index is 0.539. The number of aryl methyl sites for hydroxylation is 1. The van der Waals surface area contributed by atoms with Crippen molar-refractivity contribution in [2.75, 3.05) is 0 Å². The Morgan fingerprint density at radius 1 is 1.39 bits per heavy atom. The van der Waals surface area contributed by atoms with Gasteiger partial charge >= 0.3 is 0 Å². The second-order valence-corrected chi connectivity index (χ2v) is 5.36. The molecule has 1 saturated carbocycles. The van der Waals surface area contributed by atoms with E-state index >= 15 is 0 Å². The largest absolute Gasteiger partial charge is 0.243 e. The second-order valence-electron chi connectivity index (χ2n) is 4.55. The Morgan fingerprint density at radius 2 is 2.22 bits per heavy atom. The summed E-state index contributed by atoms with van der Waals surface area (Å²) in [6.45, 7) is 2.98. The fourth-order valence-electron chi connectivity index (χ4n) is 1.92. The third kappa shape index (κ3) is 2.29. The molecule has 94 valence electrons. The zero-order chi connectivity index (χ0) is 12.5. The maximum atomic E-state index is 4.64. The summed E-state index contributed by atoms with van der Waals surface area (Å²) in [7, 11) is 0. The van der Waals surface area contributed by atoms with Gasteiger partial charge in [-0.1, -0.05) is 12.1 Å². The van der Waals surface area contributed by atoms with Crippen LogP contribution in [0.5, 0.6) is 0 Å². The van der Waals surface area contributed by atoms with Crippen molar-refractivity contribution in [3.05, 3.63) is 22.7 Å². The van der Waals surface area contributed by atoms with E-state index in [1.165, 1.54) is 12.8 Å². The first-order valence-corrected chi connectivity index (χ1v) is 7.00. The fraction of sp³-hybridized carbons (Fsp3) is 0.500. The molecular formula is C12H14BrN5. The summed E-state index contributed by atoms with van der Waals surface area (Å²) in [5.74, 6) is 1.47. The van der Waals surface area contributed by atoms with Gasteiger partial charge in [0.2, 0.25) is 0 Å². The summed E-state index contributed by atoms with van der Waals surface area (Å²) in [6.07, 6.45) is 5.18. The lowest BCUT2D eigenvalue weighted by atomic mass is 10.3. The highest BCUT2D eigenvalue weighted by Gasteiger charge is 2.27. The van der Waals surface area contributed by atoms with E-state index in [1.807, 2.05) is 10.7 Å². The van der Waals surface area contributed by atoms with Crippen LogP contribution in [-0.2, 0) is 6.54 Å². The molecule has 2 aromatic heterocycles. The van der Waals surface area contributed by atoms with E-state index in [2.05, 4.69) is 43.1 Å². The SMILES string of the molecule is CCCn1nncc1-c1cc(Br)nc(C2CC2)n1. The van der Waals surface area contributed by atoms with E-state index in [-0.39, 0.29) is 0 Å². The molecule has 0 amide bonds. The fourth-order valence-corrected chi connectivity index (χ4v) is 2.32. The normalized spacial score (nSPS) is 15.0. The van der Waals surface area contributed by atoms with Crippen LogP contribution >= 0.6 is 15.9 Å². The van der Waals surface area contributed by atoms with Crippen LogP contribution < -0.4 is 0 Å². The first-order valence-electron chi connectivity index (χ1n) is 6.21. The maximum Gasteiger partial charge on any atom is 0.133 e. The molecule has 0 radical (unpaired) electrons. The molecular weight excluding hydrogens is 294 g/mol. The standard InChI is InChI=1S/C12H14BrN5/c1-2-5-18-10(7-14-17-18)9-6-11(13)16-12(15-9)8-3-4-8/h6-8H,2-5H2,1H3. The zero-order valence-electron chi connectivity index (χ0n) is 10.2. The Bertz CT molecular complexity index is 561. The Hall–Kier alpha value is -1.30. The third-order valence-corrected chi connectivity index (χ3v) is 3.38. The van der Waals surface area contributed by atoms with E-state index in [0.29, 0.717) is 5.92 Å². The Balaban J connectivity index is 2.01. The van der Waals surface area contributed by atoms with E-state index in [1.54, 1.807) is 6.20 Å². The van der Waals surface area contributed by atoms with Crippen molar-refractivity contribution >= 4 is 15.9 Å². The molecule has 2 aromatic rings. The Labute approximate surface area is 114 Å². The predicted molar refractivity (Wildman–Crippen MR) is 71.0 cm³/mol. The van der Waals surface area contributed by atoms with Crippen LogP contribution in [0.25, 0.3) is 11.4 Å². The number of halogens is 1. The summed E-state index contributed by atoms with van der Waals surface area (Å²) in [5.41, 5.74) is 1.86.